The first-order valence-electron chi connectivity index (χ1n) is 10.2. The minimum atomic E-state index is -0.456. The van der Waals surface area contributed by atoms with Crippen molar-refractivity contribution in [2.75, 3.05) is 19.6 Å². The summed E-state index contributed by atoms with van der Waals surface area (Å²) in [7, 11) is 0. The van der Waals surface area contributed by atoms with E-state index in [0.717, 1.165) is 26.1 Å². The van der Waals surface area contributed by atoms with Crippen molar-refractivity contribution in [2.24, 2.45) is 17.8 Å². The molecule has 27 heavy (non-hydrogen) atoms. The fourth-order valence-electron chi connectivity index (χ4n) is 3.58. The molecular weight excluding hydrogens is 358 g/mol. The molecule has 1 aromatic heterocycles. The number of amides is 2. The van der Waals surface area contributed by atoms with Crippen molar-refractivity contribution in [1.29, 1.82) is 0 Å². The van der Waals surface area contributed by atoms with Gasteiger partial charge in [0.05, 0.1) is 0 Å². The number of hydrogen-bond acceptors (Lipinski definition) is 4. The molecule has 2 N–H and O–H groups in total. The molecule has 6 heteroatoms. The summed E-state index contributed by atoms with van der Waals surface area (Å²) >= 11 is 1.80. The minimum absolute atomic E-state index is 0.0429. The molecule has 0 aromatic carbocycles. The second-order valence-corrected chi connectivity index (χ2v) is 9.49. The van der Waals surface area contributed by atoms with Crippen molar-refractivity contribution in [3.05, 3.63) is 22.4 Å². The van der Waals surface area contributed by atoms with Gasteiger partial charge in [0.2, 0.25) is 11.8 Å². The van der Waals surface area contributed by atoms with Crippen LogP contribution in [0.5, 0.6) is 0 Å². The Kier molecular flexibility index (Phi) is 8.77. The maximum absolute atomic E-state index is 12.6. The monoisotopic (exact) mass is 393 g/mol. The third-order valence-electron chi connectivity index (χ3n) is 4.99. The lowest BCUT2D eigenvalue weighted by Crippen LogP contribution is -2.51. The maximum atomic E-state index is 12.6. The molecule has 2 unspecified atom stereocenters. The molecule has 5 nitrogen and oxygen atoms in total. The van der Waals surface area contributed by atoms with Gasteiger partial charge in [-0.25, -0.2) is 0 Å². The Hall–Kier alpha value is -1.40. The number of piperidine rings is 1. The van der Waals surface area contributed by atoms with Crippen LogP contribution in [0, 0.1) is 17.8 Å². The number of carbonyl (C=O) groups excluding carboxylic acids is 2. The average molecular weight is 394 g/mol. The molecule has 0 aliphatic carbocycles. The molecule has 0 radical (unpaired) electrons. The van der Waals surface area contributed by atoms with Gasteiger partial charge in [0, 0.05) is 30.9 Å². The van der Waals surface area contributed by atoms with Gasteiger partial charge in [0.1, 0.15) is 6.04 Å². The lowest BCUT2D eigenvalue weighted by Gasteiger charge is -2.33. The smallest absolute Gasteiger partial charge is 0.242 e. The Labute approximate surface area is 167 Å². The number of hydrogen-bond donors (Lipinski definition) is 2. The molecule has 2 rings (SSSR count). The Morgan fingerprint density at radius 1 is 1.30 bits per heavy atom. The van der Waals surface area contributed by atoms with E-state index in [-0.39, 0.29) is 23.7 Å². The molecule has 1 aromatic rings. The molecule has 0 saturated carbocycles. The number of nitrogens with one attached hydrogen (secondary N) is 2. The standard InChI is InChI=1S/C21H35N3O2S/c1-15(2)11-19(25)23-20(16(3)4)21(26)22-12-17-7-5-9-24(13-17)14-18-8-6-10-27-18/h6,8,10,15-17,20H,5,7,9,11-14H2,1-4H3,(H,22,26)(H,23,25). The van der Waals surface area contributed by atoms with Crippen molar-refractivity contribution >= 4 is 23.2 Å². The van der Waals surface area contributed by atoms with Gasteiger partial charge in [-0.3, -0.25) is 14.5 Å². The van der Waals surface area contributed by atoms with Gasteiger partial charge in [-0.15, -0.1) is 11.3 Å². The van der Waals surface area contributed by atoms with Gasteiger partial charge in [-0.1, -0.05) is 33.8 Å². The predicted octanol–water partition coefficient (Wildman–Crippen LogP) is 3.26. The first-order valence-corrected chi connectivity index (χ1v) is 11.0. The number of rotatable bonds is 9. The van der Waals surface area contributed by atoms with Crippen LogP contribution in [-0.4, -0.2) is 42.4 Å². The Bertz CT molecular complexity index is 586. The Morgan fingerprint density at radius 3 is 2.70 bits per heavy atom. The van der Waals surface area contributed by atoms with Crippen molar-refractivity contribution in [3.8, 4) is 0 Å². The van der Waals surface area contributed by atoms with Crippen LogP contribution in [0.15, 0.2) is 17.5 Å². The highest BCUT2D eigenvalue weighted by atomic mass is 32.1. The number of carbonyl (C=O) groups is 2. The Morgan fingerprint density at radius 2 is 2.07 bits per heavy atom. The fourth-order valence-corrected chi connectivity index (χ4v) is 4.32. The van der Waals surface area contributed by atoms with E-state index in [2.05, 4.69) is 33.0 Å². The SMILES string of the molecule is CC(C)CC(=O)NC(C(=O)NCC1CCCN(Cc2cccs2)C1)C(C)C. The summed E-state index contributed by atoms with van der Waals surface area (Å²) in [5.41, 5.74) is 0. The van der Waals surface area contributed by atoms with Gasteiger partial charge in [0.25, 0.3) is 0 Å². The third kappa shape index (κ3) is 7.62. The highest BCUT2D eigenvalue weighted by molar-refractivity contribution is 7.09. The summed E-state index contributed by atoms with van der Waals surface area (Å²) in [4.78, 5) is 28.6. The second kappa shape index (κ2) is 10.8. The molecule has 1 saturated heterocycles. The topological polar surface area (TPSA) is 61.4 Å². The molecule has 0 spiro atoms. The molecule has 1 aliphatic heterocycles. The largest absolute Gasteiger partial charge is 0.354 e. The van der Waals surface area contributed by atoms with E-state index in [1.54, 1.807) is 11.3 Å². The van der Waals surface area contributed by atoms with E-state index >= 15 is 0 Å². The summed E-state index contributed by atoms with van der Waals surface area (Å²) in [6, 6.07) is 3.83. The highest BCUT2D eigenvalue weighted by Crippen LogP contribution is 2.20. The first kappa shape index (κ1) is 21.9. The van der Waals surface area contributed by atoms with Crippen molar-refractivity contribution in [1.82, 2.24) is 15.5 Å². The number of likely N-dealkylation sites (tertiary alicyclic amines) is 1. The molecule has 1 aliphatic rings. The first-order chi connectivity index (χ1) is 12.8. The summed E-state index contributed by atoms with van der Waals surface area (Å²) < 4.78 is 0. The van der Waals surface area contributed by atoms with Crippen LogP contribution in [-0.2, 0) is 16.1 Å². The maximum Gasteiger partial charge on any atom is 0.242 e. The van der Waals surface area contributed by atoms with Crippen molar-refractivity contribution in [2.45, 2.75) is 59.5 Å². The van der Waals surface area contributed by atoms with Gasteiger partial charge in [0.15, 0.2) is 0 Å². The van der Waals surface area contributed by atoms with E-state index in [4.69, 9.17) is 0 Å². The molecular formula is C21H35N3O2S. The van der Waals surface area contributed by atoms with E-state index in [9.17, 15) is 9.59 Å². The van der Waals surface area contributed by atoms with Crippen molar-refractivity contribution < 1.29 is 9.59 Å². The zero-order valence-corrected chi connectivity index (χ0v) is 18.0. The summed E-state index contributed by atoms with van der Waals surface area (Å²) in [5, 5.41) is 8.13. The zero-order chi connectivity index (χ0) is 19.8. The predicted molar refractivity (Wildman–Crippen MR) is 112 cm³/mol. The van der Waals surface area contributed by atoms with E-state index in [0.29, 0.717) is 18.9 Å². The molecule has 2 atom stereocenters. The summed E-state index contributed by atoms with van der Waals surface area (Å²) in [5.74, 6) is 0.734. The van der Waals surface area contributed by atoms with Crippen molar-refractivity contribution in [3.63, 3.8) is 0 Å². The number of nitrogens with zero attached hydrogens (tertiary/aromatic N) is 1. The molecule has 0 bridgehead atoms. The molecule has 2 amide bonds. The van der Waals surface area contributed by atoms with E-state index < -0.39 is 6.04 Å². The summed E-state index contributed by atoms with van der Waals surface area (Å²) in [6.45, 7) is 11.8. The van der Waals surface area contributed by atoms with Crippen LogP contribution < -0.4 is 10.6 Å². The van der Waals surface area contributed by atoms with Gasteiger partial charge in [-0.05, 0) is 48.6 Å². The quantitative estimate of drug-likeness (QED) is 0.677. The summed E-state index contributed by atoms with van der Waals surface area (Å²) in [6.07, 6.45) is 2.77. The van der Waals surface area contributed by atoms with Crippen LogP contribution in [0.1, 0.15) is 51.8 Å². The fraction of sp³-hybridized carbons (Fsp3) is 0.714. The van der Waals surface area contributed by atoms with E-state index in [1.165, 1.54) is 11.3 Å². The normalized spacial score (nSPS) is 19.3. The third-order valence-corrected chi connectivity index (χ3v) is 5.85. The van der Waals surface area contributed by atoms with Gasteiger partial charge >= 0.3 is 0 Å². The average Bonchev–Trinajstić information content (AvgIpc) is 3.10. The van der Waals surface area contributed by atoms with Crippen LogP contribution in [0.4, 0.5) is 0 Å². The lowest BCUT2D eigenvalue weighted by molar-refractivity contribution is -0.130. The lowest BCUT2D eigenvalue weighted by atomic mass is 9.97. The minimum Gasteiger partial charge on any atom is -0.354 e. The Balaban J connectivity index is 1.80. The van der Waals surface area contributed by atoms with Crippen LogP contribution in [0.25, 0.3) is 0 Å². The van der Waals surface area contributed by atoms with Gasteiger partial charge < -0.3 is 10.6 Å². The zero-order valence-electron chi connectivity index (χ0n) is 17.2. The van der Waals surface area contributed by atoms with E-state index in [1.807, 2.05) is 27.7 Å². The number of thiophene rings is 1. The molecule has 1 fully saturated rings. The van der Waals surface area contributed by atoms with Crippen LogP contribution in [0.3, 0.4) is 0 Å². The second-order valence-electron chi connectivity index (χ2n) is 8.46. The molecule has 2 heterocycles. The van der Waals surface area contributed by atoms with Gasteiger partial charge in [-0.2, -0.15) is 0 Å². The highest BCUT2D eigenvalue weighted by Gasteiger charge is 2.26. The van der Waals surface area contributed by atoms with Crippen LogP contribution in [0.2, 0.25) is 0 Å². The van der Waals surface area contributed by atoms with Crippen LogP contribution >= 0.6 is 11.3 Å². The molecule has 152 valence electrons.